The van der Waals surface area contributed by atoms with E-state index in [-0.39, 0.29) is 16.4 Å². The highest BCUT2D eigenvalue weighted by Crippen LogP contribution is 2.25. The number of hydrogen-bond donors (Lipinski definition) is 0. The number of likely N-dealkylation sites (tertiary alicyclic amines) is 1. The highest BCUT2D eigenvalue weighted by atomic mass is 35.5. The molecule has 0 saturated carbocycles. The molecule has 134 valence electrons. The molecule has 1 fully saturated rings. The van der Waals surface area contributed by atoms with Crippen LogP contribution in [-0.4, -0.2) is 49.7 Å². The van der Waals surface area contributed by atoms with Gasteiger partial charge in [0.05, 0.1) is 15.5 Å². The fraction of sp³-hybridized carbons (Fsp3) is 0.588. The Morgan fingerprint density at radius 1 is 1.12 bits per heavy atom. The van der Waals surface area contributed by atoms with Gasteiger partial charge in [-0.25, -0.2) is 8.42 Å². The molecule has 7 heteroatoms. The number of rotatable bonds is 5. The third kappa shape index (κ3) is 4.10. The van der Waals surface area contributed by atoms with E-state index in [1.807, 2.05) is 0 Å². The molecule has 1 saturated heterocycles. The molecule has 1 amide bonds. The molecule has 5 nitrogen and oxygen atoms in total. The normalized spacial score (nSPS) is 16.2. The van der Waals surface area contributed by atoms with E-state index in [2.05, 4.69) is 0 Å². The predicted octanol–water partition coefficient (Wildman–Crippen LogP) is 3.39. The molecule has 1 aliphatic rings. The summed E-state index contributed by atoms with van der Waals surface area (Å²) >= 11 is 6.19. The number of hydrogen-bond acceptors (Lipinski definition) is 3. The van der Waals surface area contributed by atoms with E-state index in [4.69, 9.17) is 11.6 Å². The van der Waals surface area contributed by atoms with E-state index in [1.165, 1.54) is 22.5 Å². The second-order valence-electron chi connectivity index (χ2n) is 5.94. The van der Waals surface area contributed by atoms with Crippen molar-refractivity contribution in [2.75, 3.05) is 26.2 Å². The molecular weight excluding hydrogens is 348 g/mol. The van der Waals surface area contributed by atoms with Crippen LogP contribution in [0.5, 0.6) is 0 Å². The van der Waals surface area contributed by atoms with Gasteiger partial charge in [0.1, 0.15) is 0 Å². The summed E-state index contributed by atoms with van der Waals surface area (Å²) in [5.74, 6) is -0.182. The summed E-state index contributed by atoms with van der Waals surface area (Å²) in [6, 6.07) is 4.39. The molecular formula is C17H25ClN2O3S. The average Bonchev–Trinajstić information content (AvgIpc) is 2.84. The van der Waals surface area contributed by atoms with Crippen LogP contribution < -0.4 is 0 Å². The third-order valence-corrected chi connectivity index (χ3v) is 6.78. The van der Waals surface area contributed by atoms with Crippen LogP contribution in [0, 0.1) is 0 Å². The van der Waals surface area contributed by atoms with E-state index < -0.39 is 10.0 Å². The van der Waals surface area contributed by atoms with Gasteiger partial charge in [0, 0.05) is 26.2 Å². The Balaban J connectivity index is 2.36. The second-order valence-corrected chi connectivity index (χ2v) is 8.28. The van der Waals surface area contributed by atoms with Crippen molar-refractivity contribution in [1.29, 1.82) is 0 Å². The van der Waals surface area contributed by atoms with Crippen molar-refractivity contribution in [2.24, 2.45) is 0 Å². The molecule has 0 radical (unpaired) electrons. The van der Waals surface area contributed by atoms with Crippen molar-refractivity contribution in [1.82, 2.24) is 9.21 Å². The Bertz CT molecular complexity index is 679. The fourth-order valence-electron chi connectivity index (χ4n) is 2.99. The first-order valence-electron chi connectivity index (χ1n) is 8.50. The summed E-state index contributed by atoms with van der Waals surface area (Å²) in [7, 11) is -3.61. The van der Waals surface area contributed by atoms with Gasteiger partial charge in [0.25, 0.3) is 5.91 Å². The van der Waals surface area contributed by atoms with Gasteiger partial charge >= 0.3 is 0 Å². The van der Waals surface area contributed by atoms with Gasteiger partial charge in [-0.05, 0) is 31.0 Å². The summed E-state index contributed by atoms with van der Waals surface area (Å²) in [6.07, 6.45) is 4.18. The molecule has 0 aromatic heterocycles. The Hall–Kier alpha value is -1.11. The standard InChI is InChI=1S/C17H25ClN2O3S/c1-3-20(4-2)24(22,23)14-9-10-16(18)15(13-14)17(21)19-11-7-5-6-8-12-19/h9-10,13H,3-8,11-12H2,1-2H3. The van der Waals surface area contributed by atoms with Crippen LogP contribution in [0.4, 0.5) is 0 Å². The minimum Gasteiger partial charge on any atom is -0.339 e. The number of benzene rings is 1. The molecule has 0 spiro atoms. The highest BCUT2D eigenvalue weighted by Gasteiger charge is 2.25. The van der Waals surface area contributed by atoms with Crippen molar-refractivity contribution < 1.29 is 13.2 Å². The van der Waals surface area contributed by atoms with Crippen molar-refractivity contribution in [2.45, 2.75) is 44.4 Å². The molecule has 24 heavy (non-hydrogen) atoms. The molecule has 1 aromatic carbocycles. The molecule has 0 bridgehead atoms. The Labute approximate surface area is 149 Å². The van der Waals surface area contributed by atoms with Crippen molar-refractivity contribution in [3.05, 3.63) is 28.8 Å². The van der Waals surface area contributed by atoms with Gasteiger partial charge in [-0.3, -0.25) is 4.79 Å². The lowest BCUT2D eigenvalue weighted by Crippen LogP contribution is -2.33. The minimum atomic E-state index is -3.61. The summed E-state index contributed by atoms with van der Waals surface area (Å²) in [4.78, 5) is 14.7. The average molecular weight is 373 g/mol. The Morgan fingerprint density at radius 3 is 2.25 bits per heavy atom. The number of carbonyl (C=O) groups excluding carboxylic acids is 1. The maximum absolute atomic E-state index is 12.8. The van der Waals surface area contributed by atoms with Crippen LogP contribution in [0.3, 0.4) is 0 Å². The first kappa shape index (κ1) is 19.2. The molecule has 0 unspecified atom stereocenters. The van der Waals surface area contributed by atoms with E-state index in [1.54, 1.807) is 18.7 Å². The molecule has 1 aliphatic heterocycles. The smallest absolute Gasteiger partial charge is 0.255 e. The number of carbonyl (C=O) groups is 1. The van der Waals surface area contributed by atoms with Crippen LogP contribution in [0.15, 0.2) is 23.1 Å². The maximum atomic E-state index is 12.8. The van der Waals surface area contributed by atoms with Crippen LogP contribution in [0.25, 0.3) is 0 Å². The minimum absolute atomic E-state index is 0.119. The third-order valence-electron chi connectivity index (χ3n) is 4.40. The number of sulfonamides is 1. The summed E-state index contributed by atoms with van der Waals surface area (Å²) in [5, 5.41) is 0.294. The van der Waals surface area contributed by atoms with E-state index in [9.17, 15) is 13.2 Å². The number of halogens is 1. The highest BCUT2D eigenvalue weighted by molar-refractivity contribution is 7.89. The fourth-order valence-corrected chi connectivity index (χ4v) is 4.67. The largest absolute Gasteiger partial charge is 0.339 e. The zero-order valence-corrected chi connectivity index (χ0v) is 15.9. The molecule has 1 aromatic rings. The molecule has 0 aliphatic carbocycles. The van der Waals surface area contributed by atoms with E-state index in [0.717, 1.165) is 25.7 Å². The van der Waals surface area contributed by atoms with Crippen molar-refractivity contribution >= 4 is 27.5 Å². The summed E-state index contributed by atoms with van der Waals surface area (Å²) < 4.78 is 26.7. The lowest BCUT2D eigenvalue weighted by molar-refractivity contribution is 0.0761. The van der Waals surface area contributed by atoms with Crippen LogP contribution in [0.2, 0.25) is 5.02 Å². The number of amides is 1. The molecule has 2 rings (SSSR count). The first-order valence-corrected chi connectivity index (χ1v) is 10.3. The molecule has 0 N–H and O–H groups in total. The van der Waals surface area contributed by atoms with Gasteiger partial charge in [0.15, 0.2) is 0 Å². The first-order chi connectivity index (χ1) is 11.4. The topological polar surface area (TPSA) is 57.7 Å². The zero-order valence-electron chi connectivity index (χ0n) is 14.3. The van der Waals surface area contributed by atoms with E-state index in [0.29, 0.717) is 31.2 Å². The van der Waals surface area contributed by atoms with Gasteiger partial charge < -0.3 is 4.90 Å². The van der Waals surface area contributed by atoms with Crippen LogP contribution in [-0.2, 0) is 10.0 Å². The van der Waals surface area contributed by atoms with Crippen molar-refractivity contribution in [3.8, 4) is 0 Å². The van der Waals surface area contributed by atoms with Gasteiger partial charge in [-0.1, -0.05) is 38.3 Å². The van der Waals surface area contributed by atoms with Gasteiger partial charge in [-0.15, -0.1) is 0 Å². The monoisotopic (exact) mass is 372 g/mol. The van der Waals surface area contributed by atoms with Gasteiger partial charge in [-0.2, -0.15) is 4.31 Å². The Kier molecular flexibility index (Phi) is 6.66. The van der Waals surface area contributed by atoms with Crippen LogP contribution in [0.1, 0.15) is 49.9 Å². The van der Waals surface area contributed by atoms with E-state index >= 15 is 0 Å². The SMILES string of the molecule is CCN(CC)S(=O)(=O)c1ccc(Cl)c(C(=O)N2CCCCCC2)c1. The van der Waals surface area contributed by atoms with Gasteiger partial charge in [0.2, 0.25) is 10.0 Å². The molecule has 0 atom stereocenters. The zero-order chi connectivity index (χ0) is 17.7. The quantitative estimate of drug-likeness (QED) is 0.796. The predicted molar refractivity (Wildman–Crippen MR) is 95.9 cm³/mol. The lowest BCUT2D eigenvalue weighted by Gasteiger charge is -2.22. The van der Waals surface area contributed by atoms with Crippen molar-refractivity contribution in [3.63, 3.8) is 0 Å². The maximum Gasteiger partial charge on any atom is 0.255 e. The molecule has 1 heterocycles. The summed E-state index contributed by atoms with van der Waals surface area (Å²) in [6.45, 7) is 5.75. The Morgan fingerprint density at radius 2 is 1.71 bits per heavy atom. The summed E-state index contributed by atoms with van der Waals surface area (Å²) in [5.41, 5.74) is 0.270. The second kappa shape index (κ2) is 8.32. The lowest BCUT2D eigenvalue weighted by atomic mass is 10.2. The van der Waals surface area contributed by atoms with Crippen LogP contribution >= 0.6 is 11.6 Å². The number of nitrogens with zero attached hydrogens (tertiary/aromatic N) is 2.